The SMILES string of the molecule is CN1CCN(CC(O)CC[C@@H](O)CN2CCN(C)CC2)CC1. The molecule has 2 heterocycles. The predicted octanol–water partition coefficient (Wildman–Crippen LogP) is -1.02. The summed E-state index contributed by atoms with van der Waals surface area (Å²) in [6.07, 6.45) is 0.763. The van der Waals surface area contributed by atoms with E-state index in [1.807, 2.05) is 0 Å². The first kappa shape index (κ1) is 18.1. The van der Waals surface area contributed by atoms with Crippen molar-refractivity contribution in [3.8, 4) is 0 Å². The molecule has 0 amide bonds. The van der Waals surface area contributed by atoms with Crippen LogP contribution in [0.25, 0.3) is 0 Å². The van der Waals surface area contributed by atoms with E-state index in [2.05, 4.69) is 33.7 Å². The third-order valence-electron chi connectivity index (χ3n) is 4.96. The van der Waals surface area contributed by atoms with Gasteiger partial charge in [-0.1, -0.05) is 0 Å². The molecule has 1 unspecified atom stereocenters. The predicted molar refractivity (Wildman–Crippen MR) is 89.1 cm³/mol. The van der Waals surface area contributed by atoms with Crippen LogP contribution in [0.2, 0.25) is 0 Å². The zero-order valence-corrected chi connectivity index (χ0v) is 14.3. The molecule has 2 rings (SSSR count). The highest BCUT2D eigenvalue weighted by molar-refractivity contribution is 4.75. The van der Waals surface area contributed by atoms with Crippen LogP contribution in [-0.2, 0) is 0 Å². The minimum Gasteiger partial charge on any atom is -0.392 e. The number of aliphatic hydroxyl groups is 2. The van der Waals surface area contributed by atoms with Crippen LogP contribution in [0.15, 0.2) is 0 Å². The number of hydrogen-bond donors (Lipinski definition) is 2. The third kappa shape index (κ3) is 6.48. The molecule has 0 aromatic rings. The summed E-state index contributed by atoms with van der Waals surface area (Å²) >= 11 is 0. The highest BCUT2D eigenvalue weighted by atomic mass is 16.3. The Kier molecular flexibility index (Phi) is 7.53. The molecule has 6 heteroatoms. The molecule has 0 aromatic carbocycles. The van der Waals surface area contributed by atoms with Crippen molar-refractivity contribution in [2.24, 2.45) is 0 Å². The maximum absolute atomic E-state index is 10.2. The lowest BCUT2D eigenvalue weighted by atomic mass is 10.1. The fraction of sp³-hybridized carbons (Fsp3) is 1.00. The molecule has 2 fully saturated rings. The first-order valence-electron chi connectivity index (χ1n) is 8.71. The lowest BCUT2D eigenvalue weighted by Gasteiger charge is -2.34. The first-order valence-corrected chi connectivity index (χ1v) is 8.71. The zero-order chi connectivity index (χ0) is 15.9. The van der Waals surface area contributed by atoms with Crippen LogP contribution in [0.4, 0.5) is 0 Å². The van der Waals surface area contributed by atoms with E-state index < -0.39 is 0 Å². The van der Waals surface area contributed by atoms with Crippen LogP contribution in [0, 0.1) is 0 Å². The number of nitrogens with zero attached hydrogens (tertiary/aromatic N) is 4. The largest absolute Gasteiger partial charge is 0.392 e. The van der Waals surface area contributed by atoms with Crippen molar-refractivity contribution in [3.63, 3.8) is 0 Å². The molecule has 6 nitrogen and oxygen atoms in total. The van der Waals surface area contributed by atoms with E-state index >= 15 is 0 Å². The molecular weight excluding hydrogens is 280 g/mol. The van der Waals surface area contributed by atoms with Gasteiger partial charge in [0.1, 0.15) is 0 Å². The Balaban J connectivity index is 1.56. The van der Waals surface area contributed by atoms with Gasteiger partial charge in [0.05, 0.1) is 12.2 Å². The van der Waals surface area contributed by atoms with Crippen LogP contribution in [-0.4, -0.2) is 122 Å². The summed E-state index contributed by atoms with van der Waals surface area (Å²) in [6.45, 7) is 9.97. The summed E-state index contributed by atoms with van der Waals surface area (Å²) in [6, 6.07) is 0. The summed E-state index contributed by atoms with van der Waals surface area (Å²) in [7, 11) is 4.28. The summed E-state index contributed by atoms with van der Waals surface area (Å²) in [5.41, 5.74) is 0. The van der Waals surface area contributed by atoms with Gasteiger partial charge < -0.3 is 20.0 Å². The number of hydrogen-bond acceptors (Lipinski definition) is 6. The Morgan fingerprint density at radius 1 is 0.636 bits per heavy atom. The molecule has 0 spiro atoms. The van der Waals surface area contributed by atoms with E-state index in [9.17, 15) is 10.2 Å². The lowest BCUT2D eigenvalue weighted by Crippen LogP contribution is -2.47. The number of piperazine rings is 2. The average Bonchev–Trinajstić information content (AvgIpc) is 2.50. The third-order valence-corrected chi connectivity index (χ3v) is 4.96. The van der Waals surface area contributed by atoms with Crippen molar-refractivity contribution < 1.29 is 10.2 Å². The molecule has 0 saturated carbocycles. The van der Waals surface area contributed by atoms with Crippen molar-refractivity contribution >= 4 is 0 Å². The van der Waals surface area contributed by atoms with Gasteiger partial charge in [-0.15, -0.1) is 0 Å². The zero-order valence-electron chi connectivity index (χ0n) is 14.3. The summed E-state index contributed by atoms with van der Waals surface area (Å²) < 4.78 is 0. The number of β-amino-alcohol motifs (C(OH)–C–C–N with tert-alkyl or cyclic N) is 2. The molecular formula is C16H34N4O2. The summed E-state index contributed by atoms with van der Waals surface area (Å²) in [4.78, 5) is 9.31. The van der Waals surface area contributed by atoms with E-state index in [4.69, 9.17) is 0 Å². The minimum atomic E-state index is -0.314. The Labute approximate surface area is 135 Å². The van der Waals surface area contributed by atoms with Crippen molar-refractivity contribution in [1.29, 1.82) is 0 Å². The number of aliphatic hydroxyl groups excluding tert-OH is 2. The van der Waals surface area contributed by atoms with Crippen LogP contribution in [0.1, 0.15) is 12.8 Å². The number of rotatable bonds is 7. The normalized spacial score (nSPS) is 26.2. The smallest absolute Gasteiger partial charge is 0.0668 e. The second-order valence-electron chi connectivity index (χ2n) is 7.09. The standard InChI is InChI=1S/C16H34N4O2/c1-17-5-9-19(10-6-17)13-15(21)3-4-16(22)14-20-11-7-18(2)8-12-20/h15-16,21-22H,3-14H2,1-2H3/t15-,16?/m1/s1. The molecule has 130 valence electrons. The highest BCUT2D eigenvalue weighted by Gasteiger charge is 2.20. The lowest BCUT2D eigenvalue weighted by molar-refractivity contribution is 0.0461. The summed E-state index contributed by atoms with van der Waals surface area (Å²) in [5, 5.41) is 20.3. The fourth-order valence-corrected chi connectivity index (χ4v) is 3.22. The second-order valence-corrected chi connectivity index (χ2v) is 7.09. The topological polar surface area (TPSA) is 53.4 Å². The molecule has 2 aliphatic heterocycles. The monoisotopic (exact) mass is 314 g/mol. The Morgan fingerprint density at radius 3 is 1.27 bits per heavy atom. The van der Waals surface area contributed by atoms with E-state index in [0.717, 1.165) is 65.4 Å². The van der Waals surface area contributed by atoms with Crippen LogP contribution in [0.5, 0.6) is 0 Å². The van der Waals surface area contributed by atoms with Gasteiger partial charge >= 0.3 is 0 Å². The quantitative estimate of drug-likeness (QED) is 0.628. The Hall–Kier alpha value is -0.240. The Bertz CT molecular complexity index is 273. The fourth-order valence-electron chi connectivity index (χ4n) is 3.22. The molecule has 22 heavy (non-hydrogen) atoms. The van der Waals surface area contributed by atoms with Gasteiger partial charge in [0.2, 0.25) is 0 Å². The van der Waals surface area contributed by atoms with E-state index in [0.29, 0.717) is 12.8 Å². The van der Waals surface area contributed by atoms with Gasteiger partial charge in [0, 0.05) is 65.4 Å². The van der Waals surface area contributed by atoms with Gasteiger partial charge in [-0.3, -0.25) is 9.80 Å². The maximum atomic E-state index is 10.2. The van der Waals surface area contributed by atoms with Crippen molar-refractivity contribution in [2.75, 3.05) is 79.5 Å². The molecule has 0 aromatic heterocycles. The van der Waals surface area contributed by atoms with Crippen LogP contribution < -0.4 is 0 Å². The van der Waals surface area contributed by atoms with E-state index in [1.54, 1.807) is 0 Å². The van der Waals surface area contributed by atoms with Gasteiger partial charge in [0.15, 0.2) is 0 Å². The van der Waals surface area contributed by atoms with E-state index in [1.165, 1.54) is 0 Å². The van der Waals surface area contributed by atoms with Crippen molar-refractivity contribution in [3.05, 3.63) is 0 Å². The molecule has 2 saturated heterocycles. The van der Waals surface area contributed by atoms with Crippen LogP contribution in [0.3, 0.4) is 0 Å². The molecule has 0 radical (unpaired) electrons. The average molecular weight is 314 g/mol. The van der Waals surface area contributed by atoms with Crippen LogP contribution >= 0.6 is 0 Å². The van der Waals surface area contributed by atoms with Crippen molar-refractivity contribution in [2.45, 2.75) is 25.0 Å². The summed E-state index contributed by atoms with van der Waals surface area (Å²) in [5.74, 6) is 0. The molecule has 0 bridgehead atoms. The van der Waals surface area contributed by atoms with Gasteiger partial charge in [-0.05, 0) is 26.9 Å². The molecule has 2 atom stereocenters. The molecule has 2 N–H and O–H groups in total. The molecule has 2 aliphatic rings. The van der Waals surface area contributed by atoms with Crippen molar-refractivity contribution in [1.82, 2.24) is 19.6 Å². The van der Waals surface area contributed by atoms with Gasteiger partial charge in [0.25, 0.3) is 0 Å². The minimum absolute atomic E-state index is 0.314. The highest BCUT2D eigenvalue weighted by Crippen LogP contribution is 2.08. The first-order chi connectivity index (χ1) is 10.5. The second kappa shape index (κ2) is 9.15. The Morgan fingerprint density at radius 2 is 0.955 bits per heavy atom. The van der Waals surface area contributed by atoms with Gasteiger partial charge in [-0.25, -0.2) is 0 Å². The van der Waals surface area contributed by atoms with Gasteiger partial charge in [-0.2, -0.15) is 0 Å². The molecule has 0 aliphatic carbocycles. The van der Waals surface area contributed by atoms with E-state index in [-0.39, 0.29) is 12.2 Å². The number of likely N-dealkylation sites (N-methyl/N-ethyl adjacent to an activating group) is 2. The maximum Gasteiger partial charge on any atom is 0.0668 e.